The SMILES string of the molecule is O=C(O)C1CC(=O)N(Cc2ccccc2)C1c1ccc2c(c1)OCCO2. The van der Waals surface area contributed by atoms with Gasteiger partial charge in [-0.05, 0) is 23.3 Å². The van der Waals surface area contributed by atoms with Crippen LogP contribution in [0.1, 0.15) is 23.6 Å². The van der Waals surface area contributed by atoms with E-state index in [0.29, 0.717) is 31.3 Å². The summed E-state index contributed by atoms with van der Waals surface area (Å²) in [6, 6.07) is 14.5. The maximum absolute atomic E-state index is 12.6. The molecule has 0 saturated carbocycles. The fraction of sp³-hybridized carbons (Fsp3) is 0.300. The van der Waals surface area contributed by atoms with Crippen LogP contribution < -0.4 is 9.47 Å². The number of ether oxygens (including phenoxy) is 2. The summed E-state index contributed by atoms with van der Waals surface area (Å²) >= 11 is 0. The summed E-state index contributed by atoms with van der Waals surface area (Å²) in [5.41, 5.74) is 1.72. The number of hydrogen-bond donors (Lipinski definition) is 1. The van der Waals surface area contributed by atoms with E-state index in [1.54, 1.807) is 17.0 Å². The second kappa shape index (κ2) is 6.71. The van der Waals surface area contributed by atoms with Gasteiger partial charge in [0, 0.05) is 13.0 Å². The molecule has 2 aromatic carbocycles. The molecule has 1 fully saturated rings. The monoisotopic (exact) mass is 353 g/mol. The summed E-state index contributed by atoms with van der Waals surface area (Å²) in [6.45, 7) is 1.32. The number of hydrogen-bond acceptors (Lipinski definition) is 4. The van der Waals surface area contributed by atoms with Gasteiger partial charge in [0.15, 0.2) is 11.5 Å². The molecule has 2 aromatic rings. The van der Waals surface area contributed by atoms with Crippen LogP contribution >= 0.6 is 0 Å². The molecule has 2 aliphatic rings. The van der Waals surface area contributed by atoms with Crippen molar-refractivity contribution in [1.82, 2.24) is 4.90 Å². The first-order valence-electron chi connectivity index (χ1n) is 8.59. The largest absolute Gasteiger partial charge is 0.486 e. The maximum Gasteiger partial charge on any atom is 0.309 e. The van der Waals surface area contributed by atoms with Gasteiger partial charge in [-0.1, -0.05) is 36.4 Å². The zero-order valence-electron chi connectivity index (χ0n) is 14.1. The highest BCUT2D eigenvalue weighted by atomic mass is 16.6. The molecule has 6 heteroatoms. The lowest BCUT2D eigenvalue weighted by Crippen LogP contribution is -2.30. The highest BCUT2D eigenvalue weighted by molar-refractivity contribution is 5.87. The fourth-order valence-electron chi connectivity index (χ4n) is 3.63. The lowest BCUT2D eigenvalue weighted by molar-refractivity contribution is -0.142. The molecule has 1 amide bonds. The smallest absolute Gasteiger partial charge is 0.309 e. The number of carbonyl (C=O) groups is 2. The van der Waals surface area contributed by atoms with Gasteiger partial charge in [-0.15, -0.1) is 0 Å². The molecule has 134 valence electrons. The molecule has 0 aliphatic carbocycles. The Labute approximate surface area is 151 Å². The van der Waals surface area contributed by atoms with Crippen LogP contribution in [0.5, 0.6) is 11.5 Å². The second-order valence-electron chi connectivity index (χ2n) is 6.50. The highest BCUT2D eigenvalue weighted by Gasteiger charge is 2.44. The van der Waals surface area contributed by atoms with Gasteiger partial charge in [-0.25, -0.2) is 0 Å². The van der Waals surface area contributed by atoms with Gasteiger partial charge in [-0.3, -0.25) is 9.59 Å². The quantitative estimate of drug-likeness (QED) is 0.914. The Morgan fingerprint density at radius 2 is 1.81 bits per heavy atom. The minimum absolute atomic E-state index is 0.00127. The van der Waals surface area contributed by atoms with Gasteiger partial charge in [0.2, 0.25) is 5.91 Å². The van der Waals surface area contributed by atoms with Gasteiger partial charge in [-0.2, -0.15) is 0 Å². The standard InChI is InChI=1S/C20H19NO5/c22-18-11-15(20(23)24)19(21(18)12-13-4-2-1-3-5-13)14-6-7-16-17(10-14)26-9-8-25-16/h1-7,10,15,19H,8-9,11-12H2,(H,23,24). The average Bonchev–Trinajstić information content (AvgIpc) is 2.99. The number of amides is 1. The van der Waals surface area contributed by atoms with Crippen LogP contribution in [0.3, 0.4) is 0 Å². The van der Waals surface area contributed by atoms with E-state index < -0.39 is 17.9 Å². The lowest BCUT2D eigenvalue weighted by Gasteiger charge is -2.28. The van der Waals surface area contributed by atoms with Crippen molar-refractivity contribution < 1.29 is 24.2 Å². The average molecular weight is 353 g/mol. The molecule has 0 bridgehead atoms. The van der Waals surface area contributed by atoms with E-state index in [4.69, 9.17) is 9.47 Å². The van der Waals surface area contributed by atoms with E-state index >= 15 is 0 Å². The van der Waals surface area contributed by atoms with Gasteiger partial charge < -0.3 is 19.5 Å². The van der Waals surface area contributed by atoms with Crippen LogP contribution in [-0.4, -0.2) is 35.1 Å². The van der Waals surface area contributed by atoms with Crippen molar-refractivity contribution in [3.8, 4) is 11.5 Å². The fourth-order valence-corrected chi connectivity index (χ4v) is 3.63. The van der Waals surface area contributed by atoms with Crippen LogP contribution in [0, 0.1) is 5.92 Å². The van der Waals surface area contributed by atoms with E-state index in [9.17, 15) is 14.7 Å². The predicted octanol–water partition coefficient (Wildman–Crippen LogP) is 2.63. The van der Waals surface area contributed by atoms with Crippen molar-refractivity contribution in [2.75, 3.05) is 13.2 Å². The van der Waals surface area contributed by atoms with Crippen molar-refractivity contribution in [1.29, 1.82) is 0 Å². The molecule has 2 atom stereocenters. The first-order valence-corrected chi connectivity index (χ1v) is 8.59. The number of carbonyl (C=O) groups excluding carboxylic acids is 1. The Bertz CT molecular complexity index is 835. The first-order chi connectivity index (χ1) is 12.6. The minimum atomic E-state index is -0.964. The van der Waals surface area contributed by atoms with Gasteiger partial charge in [0.1, 0.15) is 13.2 Å². The number of nitrogens with zero attached hydrogens (tertiary/aromatic N) is 1. The zero-order chi connectivity index (χ0) is 18.1. The molecule has 2 aliphatic heterocycles. The van der Waals surface area contributed by atoms with Crippen molar-refractivity contribution >= 4 is 11.9 Å². The molecule has 2 heterocycles. The van der Waals surface area contributed by atoms with Crippen molar-refractivity contribution in [2.45, 2.75) is 19.0 Å². The summed E-state index contributed by atoms with van der Waals surface area (Å²) in [4.78, 5) is 26.0. The Balaban J connectivity index is 1.70. The maximum atomic E-state index is 12.6. The molecule has 4 rings (SSSR count). The van der Waals surface area contributed by atoms with Crippen LogP contribution in [-0.2, 0) is 16.1 Å². The molecule has 26 heavy (non-hydrogen) atoms. The van der Waals surface area contributed by atoms with E-state index in [1.165, 1.54) is 0 Å². The molecule has 0 spiro atoms. The Morgan fingerprint density at radius 1 is 1.08 bits per heavy atom. The number of aliphatic carboxylic acids is 1. The predicted molar refractivity (Wildman–Crippen MR) is 92.9 cm³/mol. The zero-order valence-corrected chi connectivity index (χ0v) is 14.1. The summed E-state index contributed by atoms with van der Waals surface area (Å²) < 4.78 is 11.2. The molecule has 2 unspecified atom stereocenters. The van der Waals surface area contributed by atoms with Crippen LogP contribution in [0.2, 0.25) is 0 Å². The molecule has 1 N–H and O–H groups in total. The minimum Gasteiger partial charge on any atom is -0.486 e. The number of fused-ring (bicyclic) bond motifs is 1. The molecule has 0 radical (unpaired) electrons. The van der Waals surface area contributed by atoms with E-state index in [-0.39, 0.29) is 12.3 Å². The molecule has 1 saturated heterocycles. The van der Waals surface area contributed by atoms with Gasteiger partial charge in [0.05, 0.1) is 12.0 Å². The van der Waals surface area contributed by atoms with Gasteiger partial charge in [0.25, 0.3) is 0 Å². The second-order valence-corrected chi connectivity index (χ2v) is 6.50. The van der Waals surface area contributed by atoms with E-state index in [0.717, 1.165) is 11.1 Å². The highest BCUT2D eigenvalue weighted by Crippen LogP contribution is 2.42. The molecule has 6 nitrogen and oxygen atoms in total. The Morgan fingerprint density at radius 3 is 2.54 bits per heavy atom. The third-order valence-corrected chi connectivity index (χ3v) is 4.85. The van der Waals surface area contributed by atoms with Crippen LogP contribution in [0.4, 0.5) is 0 Å². The third kappa shape index (κ3) is 2.98. The van der Waals surface area contributed by atoms with Crippen LogP contribution in [0.15, 0.2) is 48.5 Å². The summed E-state index contributed by atoms with van der Waals surface area (Å²) in [5.74, 6) is -0.661. The summed E-state index contributed by atoms with van der Waals surface area (Å²) in [7, 11) is 0. The number of carboxylic acids is 1. The number of carboxylic acid groups (broad SMARTS) is 1. The summed E-state index contributed by atoms with van der Waals surface area (Å²) in [6.07, 6.45) is 0.00127. The third-order valence-electron chi connectivity index (χ3n) is 4.85. The number of likely N-dealkylation sites (tertiary alicyclic amines) is 1. The number of rotatable bonds is 4. The van der Waals surface area contributed by atoms with Crippen LogP contribution in [0.25, 0.3) is 0 Å². The lowest BCUT2D eigenvalue weighted by atomic mass is 9.93. The topological polar surface area (TPSA) is 76.1 Å². The Kier molecular flexibility index (Phi) is 4.24. The molecular weight excluding hydrogens is 334 g/mol. The normalized spacial score (nSPS) is 21.7. The summed E-state index contributed by atoms with van der Waals surface area (Å²) in [5, 5.41) is 9.65. The Hall–Kier alpha value is -3.02. The number of benzene rings is 2. The molecular formula is C20H19NO5. The van der Waals surface area contributed by atoms with Crippen molar-refractivity contribution in [2.24, 2.45) is 5.92 Å². The van der Waals surface area contributed by atoms with E-state index in [1.807, 2.05) is 36.4 Å². The first kappa shape index (κ1) is 16.4. The van der Waals surface area contributed by atoms with Crippen molar-refractivity contribution in [3.05, 3.63) is 59.7 Å². The molecule has 0 aromatic heterocycles. The van der Waals surface area contributed by atoms with Gasteiger partial charge >= 0.3 is 5.97 Å². The van der Waals surface area contributed by atoms with E-state index in [2.05, 4.69) is 0 Å². The van der Waals surface area contributed by atoms with Crippen molar-refractivity contribution in [3.63, 3.8) is 0 Å².